The van der Waals surface area contributed by atoms with Crippen LogP contribution >= 0.6 is 0 Å². The normalized spacial score (nSPS) is 18.1. The number of aliphatic hydroxyl groups is 1. The quantitative estimate of drug-likeness (QED) is 0.400. The second kappa shape index (κ2) is 9.18. The van der Waals surface area contributed by atoms with Gasteiger partial charge in [0.1, 0.15) is 11.6 Å². The van der Waals surface area contributed by atoms with E-state index in [2.05, 4.69) is 0 Å². The zero-order valence-electron chi connectivity index (χ0n) is 17.6. The van der Waals surface area contributed by atoms with Gasteiger partial charge in [-0.25, -0.2) is 4.39 Å². The topological polar surface area (TPSA) is 90.3 Å². The number of nitrogens with zero attached hydrogens (tertiary/aromatic N) is 2. The van der Waals surface area contributed by atoms with Gasteiger partial charge in [-0.3, -0.25) is 9.59 Å². The molecule has 0 saturated carbocycles. The smallest absolute Gasteiger partial charge is 0.295 e. The first-order valence-electron chi connectivity index (χ1n) is 9.89. The van der Waals surface area contributed by atoms with Crippen LogP contribution in [-0.4, -0.2) is 65.5 Å². The fourth-order valence-corrected chi connectivity index (χ4v) is 3.50. The Morgan fingerprint density at radius 1 is 1.16 bits per heavy atom. The van der Waals surface area contributed by atoms with Gasteiger partial charge in [-0.05, 0) is 63.0 Å². The van der Waals surface area contributed by atoms with Gasteiger partial charge in [0.15, 0.2) is 11.5 Å². The number of ketones is 1. The van der Waals surface area contributed by atoms with Crippen LogP contribution in [0.25, 0.3) is 5.76 Å². The number of carbonyl (C=O) groups excluding carboxylic acids is 2. The van der Waals surface area contributed by atoms with E-state index in [4.69, 9.17) is 4.74 Å². The number of likely N-dealkylation sites (tertiary alicyclic amines) is 1. The molecular formula is C23H25FN2O5. The number of hydrogen-bond acceptors (Lipinski definition) is 6. The number of rotatable bonds is 7. The lowest BCUT2D eigenvalue weighted by molar-refractivity contribution is -0.140. The number of aromatic hydroxyl groups is 1. The lowest BCUT2D eigenvalue weighted by atomic mass is 9.95. The number of carbonyl (C=O) groups is 2. The predicted octanol–water partition coefficient (Wildman–Crippen LogP) is 2.91. The number of halogens is 1. The molecule has 31 heavy (non-hydrogen) atoms. The molecule has 164 valence electrons. The first-order valence-corrected chi connectivity index (χ1v) is 9.89. The monoisotopic (exact) mass is 428 g/mol. The maximum absolute atomic E-state index is 13.3. The number of hydrogen-bond donors (Lipinski definition) is 2. The molecule has 0 aliphatic carbocycles. The maximum atomic E-state index is 13.3. The summed E-state index contributed by atoms with van der Waals surface area (Å²) >= 11 is 0. The zero-order chi connectivity index (χ0) is 22.7. The highest BCUT2D eigenvalue weighted by Gasteiger charge is 2.46. The van der Waals surface area contributed by atoms with E-state index in [-0.39, 0.29) is 34.9 Å². The standard InChI is InChI=1S/C23H25FN2O5/c1-4-31-18-13-15(7-10-17(18)27)20-19(21(28)14-5-8-16(24)9-6-14)22(29)23(30)26(20)12-11-25(2)3/h5-10,13,20,27-28H,4,11-12H2,1-3H3/t20-/m1/s1. The van der Waals surface area contributed by atoms with Gasteiger partial charge < -0.3 is 24.7 Å². The molecule has 0 bridgehead atoms. The maximum Gasteiger partial charge on any atom is 0.295 e. The molecule has 1 saturated heterocycles. The summed E-state index contributed by atoms with van der Waals surface area (Å²) in [5, 5.41) is 21.0. The van der Waals surface area contributed by atoms with Crippen molar-refractivity contribution in [2.75, 3.05) is 33.8 Å². The lowest BCUT2D eigenvalue weighted by Gasteiger charge is -2.27. The van der Waals surface area contributed by atoms with Crippen LogP contribution in [0.2, 0.25) is 0 Å². The molecule has 3 rings (SSSR count). The molecule has 1 fully saturated rings. The number of benzene rings is 2. The first kappa shape index (κ1) is 22.3. The van der Waals surface area contributed by atoms with Crippen molar-refractivity contribution in [1.29, 1.82) is 0 Å². The molecule has 7 nitrogen and oxygen atoms in total. The van der Waals surface area contributed by atoms with Gasteiger partial charge in [0.25, 0.3) is 11.7 Å². The van der Waals surface area contributed by atoms with E-state index in [1.54, 1.807) is 19.1 Å². The number of ether oxygens (including phenoxy) is 1. The average molecular weight is 428 g/mol. The fourth-order valence-electron chi connectivity index (χ4n) is 3.50. The largest absolute Gasteiger partial charge is 0.507 e. The van der Waals surface area contributed by atoms with Crippen LogP contribution in [0.3, 0.4) is 0 Å². The first-order chi connectivity index (χ1) is 14.7. The van der Waals surface area contributed by atoms with Gasteiger partial charge in [-0.2, -0.15) is 0 Å². The van der Waals surface area contributed by atoms with E-state index in [1.807, 2.05) is 19.0 Å². The van der Waals surface area contributed by atoms with E-state index in [0.717, 1.165) is 0 Å². The minimum atomic E-state index is -0.884. The van der Waals surface area contributed by atoms with E-state index in [9.17, 15) is 24.2 Å². The summed E-state index contributed by atoms with van der Waals surface area (Å²) in [7, 11) is 3.69. The lowest BCUT2D eigenvalue weighted by Crippen LogP contribution is -2.35. The van der Waals surface area contributed by atoms with E-state index < -0.39 is 23.5 Å². The van der Waals surface area contributed by atoms with Gasteiger partial charge in [0, 0.05) is 18.7 Å². The summed E-state index contributed by atoms with van der Waals surface area (Å²) in [5.41, 5.74) is 0.632. The van der Waals surface area contributed by atoms with Crippen LogP contribution < -0.4 is 4.74 Å². The Morgan fingerprint density at radius 3 is 2.45 bits per heavy atom. The number of likely N-dealkylation sites (N-methyl/N-ethyl adjacent to an activating group) is 1. The van der Waals surface area contributed by atoms with Gasteiger partial charge in [-0.1, -0.05) is 6.07 Å². The third-order valence-corrected chi connectivity index (χ3v) is 5.05. The number of amides is 1. The van der Waals surface area contributed by atoms with Crippen LogP contribution in [0.5, 0.6) is 11.5 Å². The molecule has 1 heterocycles. The van der Waals surface area contributed by atoms with Crippen molar-refractivity contribution in [3.05, 3.63) is 65.0 Å². The zero-order valence-corrected chi connectivity index (χ0v) is 17.6. The molecule has 0 unspecified atom stereocenters. The van der Waals surface area contributed by atoms with Crippen LogP contribution in [0.1, 0.15) is 24.1 Å². The molecule has 8 heteroatoms. The van der Waals surface area contributed by atoms with E-state index in [0.29, 0.717) is 18.7 Å². The summed E-state index contributed by atoms with van der Waals surface area (Å²) in [4.78, 5) is 29.0. The van der Waals surface area contributed by atoms with Crippen LogP contribution in [0.4, 0.5) is 4.39 Å². The third-order valence-electron chi connectivity index (χ3n) is 5.05. The molecule has 2 aromatic rings. The van der Waals surface area contributed by atoms with Crippen molar-refractivity contribution in [3.8, 4) is 11.5 Å². The van der Waals surface area contributed by atoms with Gasteiger partial charge >= 0.3 is 0 Å². The van der Waals surface area contributed by atoms with Crippen molar-refractivity contribution in [1.82, 2.24) is 9.80 Å². The Kier molecular flexibility index (Phi) is 6.60. The van der Waals surface area contributed by atoms with Crippen molar-refractivity contribution in [2.45, 2.75) is 13.0 Å². The number of phenols is 1. The SMILES string of the molecule is CCOc1cc([C@@H]2C(=C(O)c3ccc(F)cc3)C(=O)C(=O)N2CCN(C)C)ccc1O. The van der Waals surface area contributed by atoms with Crippen molar-refractivity contribution >= 4 is 17.4 Å². The molecule has 0 spiro atoms. The minimum absolute atomic E-state index is 0.0747. The summed E-state index contributed by atoms with van der Waals surface area (Å²) in [6, 6.07) is 8.69. The second-order valence-corrected chi connectivity index (χ2v) is 7.46. The summed E-state index contributed by atoms with van der Waals surface area (Å²) in [6.07, 6.45) is 0. The van der Waals surface area contributed by atoms with E-state index in [1.165, 1.54) is 35.2 Å². The minimum Gasteiger partial charge on any atom is -0.507 e. The highest BCUT2D eigenvalue weighted by Crippen LogP contribution is 2.41. The Hall–Kier alpha value is -3.39. The predicted molar refractivity (Wildman–Crippen MR) is 113 cm³/mol. The Morgan fingerprint density at radius 2 is 1.84 bits per heavy atom. The van der Waals surface area contributed by atoms with Gasteiger partial charge in [0.05, 0.1) is 18.2 Å². The van der Waals surface area contributed by atoms with Gasteiger partial charge in [0.2, 0.25) is 0 Å². The highest BCUT2D eigenvalue weighted by molar-refractivity contribution is 6.46. The number of phenolic OH excluding ortho intramolecular Hbond substituents is 1. The fraction of sp³-hybridized carbons (Fsp3) is 0.304. The van der Waals surface area contributed by atoms with Crippen LogP contribution in [-0.2, 0) is 9.59 Å². The van der Waals surface area contributed by atoms with Crippen LogP contribution in [0.15, 0.2) is 48.0 Å². The van der Waals surface area contributed by atoms with Crippen molar-refractivity contribution < 1.29 is 28.9 Å². The molecule has 1 aliphatic heterocycles. The molecule has 1 aliphatic rings. The number of aliphatic hydroxyl groups excluding tert-OH is 1. The van der Waals surface area contributed by atoms with Crippen molar-refractivity contribution in [3.63, 3.8) is 0 Å². The Labute approximate surface area is 180 Å². The van der Waals surface area contributed by atoms with Crippen molar-refractivity contribution in [2.24, 2.45) is 0 Å². The average Bonchev–Trinajstić information content (AvgIpc) is 2.98. The van der Waals surface area contributed by atoms with Crippen LogP contribution in [0, 0.1) is 5.82 Å². The van der Waals surface area contributed by atoms with E-state index >= 15 is 0 Å². The Bertz CT molecular complexity index is 1020. The molecule has 0 aromatic heterocycles. The second-order valence-electron chi connectivity index (χ2n) is 7.46. The molecule has 1 amide bonds. The molecule has 0 radical (unpaired) electrons. The summed E-state index contributed by atoms with van der Waals surface area (Å²) in [5.74, 6) is -2.30. The third kappa shape index (κ3) is 4.54. The molecule has 2 aromatic carbocycles. The number of Topliss-reactive ketones (excluding diaryl/α,β-unsaturated/α-hetero) is 1. The highest BCUT2D eigenvalue weighted by atomic mass is 19.1. The molecule has 2 N–H and O–H groups in total. The molecule has 1 atom stereocenters. The Balaban J connectivity index is 2.17. The summed E-state index contributed by atoms with van der Waals surface area (Å²) < 4.78 is 18.8. The van der Waals surface area contributed by atoms with Gasteiger partial charge in [-0.15, -0.1) is 0 Å². The molecular weight excluding hydrogens is 403 g/mol. The summed E-state index contributed by atoms with van der Waals surface area (Å²) in [6.45, 7) is 2.82.